The van der Waals surface area contributed by atoms with Crippen LogP contribution in [0.4, 0.5) is 0 Å². The molecule has 22 heavy (non-hydrogen) atoms. The van der Waals surface area contributed by atoms with Crippen molar-refractivity contribution in [2.75, 3.05) is 13.7 Å². The number of sulfonamides is 1. The molecule has 1 aliphatic heterocycles. The van der Waals surface area contributed by atoms with Gasteiger partial charge in [-0.25, -0.2) is 8.42 Å². The van der Waals surface area contributed by atoms with Gasteiger partial charge in [0.15, 0.2) is 0 Å². The van der Waals surface area contributed by atoms with Crippen molar-refractivity contribution in [3.05, 3.63) is 53.5 Å². The molecule has 0 unspecified atom stereocenters. The van der Waals surface area contributed by atoms with Crippen molar-refractivity contribution >= 4 is 10.0 Å². The van der Waals surface area contributed by atoms with Crippen LogP contribution in [0.5, 0.6) is 0 Å². The van der Waals surface area contributed by atoms with Gasteiger partial charge in [0.05, 0.1) is 17.8 Å². The molecule has 0 atom stereocenters. The first kappa shape index (κ1) is 15.3. The van der Waals surface area contributed by atoms with Gasteiger partial charge in [0.25, 0.3) is 0 Å². The Kier molecular flexibility index (Phi) is 4.33. The van der Waals surface area contributed by atoms with Gasteiger partial charge in [-0.15, -0.1) is 0 Å². The smallest absolute Gasteiger partial charge is 0.243 e. The van der Waals surface area contributed by atoms with Crippen molar-refractivity contribution in [1.29, 1.82) is 0 Å². The summed E-state index contributed by atoms with van der Waals surface area (Å²) in [6, 6.07) is 8.85. The van der Waals surface area contributed by atoms with Crippen LogP contribution in [0.3, 0.4) is 0 Å². The Labute approximate surface area is 130 Å². The van der Waals surface area contributed by atoms with Crippen LogP contribution in [0.2, 0.25) is 0 Å². The minimum atomic E-state index is -3.55. The van der Waals surface area contributed by atoms with Gasteiger partial charge in [0.2, 0.25) is 10.0 Å². The average molecular weight is 321 g/mol. The lowest BCUT2D eigenvalue weighted by Gasteiger charge is -2.21. The molecule has 1 aromatic carbocycles. The van der Waals surface area contributed by atoms with Crippen LogP contribution in [0, 0.1) is 0 Å². The molecule has 0 fully saturated rings. The summed E-state index contributed by atoms with van der Waals surface area (Å²) in [5.41, 5.74) is 1.63. The van der Waals surface area contributed by atoms with Gasteiger partial charge in [0.1, 0.15) is 5.76 Å². The first-order chi connectivity index (χ1) is 10.6. The molecule has 0 aliphatic carbocycles. The van der Waals surface area contributed by atoms with Gasteiger partial charge in [-0.1, -0.05) is 18.2 Å². The third-order valence-electron chi connectivity index (χ3n) is 3.89. The molecule has 3 rings (SSSR count). The number of benzene rings is 1. The molecule has 6 heteroatoms. The summed E-state index contributed by atoms with van der Waals surface area (Å²) in [7, 11) is -1.98. The molecular weight excluding hydrogens is 302 g/mol. The number of hydrogen-bond acceptors (Lipinski definition) is 4. The fourth-order valence-corrected chi connectivity index (χ4v) is 4.45. The molecule has 0 amide bonds. The molecule has 0 spiro atoms. The Morgan fingerprint density at radius 1 is 1.27 bits per heavy atom. The topological polar surface area (TPSA) is 59.8 Å². The zero-order valence-electron chi connectivity index (χ0n) is 12.5. The van der Waals surface area contributed by atoms with E-state index in [1.54, 1.807) is 31.6 Å². The Morgan fingerprint density at radius 2 is 2.09 bits per heavy atom. The first-order valence-electron chi connectivity index (χ1n) is 7.25. The molecule has 0 bridgehead atoms. The number of rotatable bonds is 4. The van der Waals surface area contributed by atoms with Crippen LogP contribution in [0.1, 0.15) is 23.3 Å². The summed E-state index contributed by atoms with van der Waals surface area (Å²) in [5, 5.41) is 0. The van der Waals surface area contributed by atoms with Gasteiger partial charge in [-0.2, -0.15) is 4.31 Å². The summed E-state index contributed by atoms with van der Waals surface area (Å²) in [6.07, 6.45) is 3.15. The molecule has 5 nitrogen and oxygen atoms in total. The number of hydrogen-bond donors (Lipinski definition) is 0. The number of methoxy groups -OCH3 is 1. The van der Waals surface area contributed by atoms with Crippen molar-refractivity contribution < 1.29 is 17.6 Å². The highest BCUT2D eigenvalue weighted by atomic mass is 32.2. The predicted octanol–water partition coefficient (Wildman–Crippen LogP) is 2.56. The molecule has 1 aromatic heterocycles. The van der Waals surface area contributed by atoms with Crippen LogP contribution >= 0.6 is 0 Å². The minimum Gasteiger partial charge on any atom is -0.469 e. The van der Waals surface area contributed by atoms with E-state index in [4.69, 9.17) is 9.15 Å². The van der Waals surface area contributed by atoms with E-state index in [0.717, 1.165) is 24.2 Å². The minimum absolute atomic E-state index is 0.278. The van der Waals surface area contributed by atoms with Crippen LogP contribution in [0.15, 0.2) is 45.9 Å². The maximum Gasteiger partial charge on any atom is 0.243 e. The molecule has 1 aliphatic rings. The molecule has 2 heterocycles. The van der Waals surface area contributed by atoms with E-state index in [9.17, 15) is 8.42 Å². The van der Waals surface area contributed by atoms with Crippen molar-refractivity contribution in [2.24, 2.45) is 0 Å². The maximum absolute atomic E-state index is 13.0. The maximum atomic E-state index is 13.0. The standard InChI is InChI=1S/C16H19NO4S/c1-20-12-14-5-2-3-7-16(14)22(18,19)17-9-4-6-15-13(11-17)8-10-21-15/h2-3,5,7-8,10H,4,6,9,11-12H2,1H3. The highest BCUT2D eigenvalue weighted by molar-refractivity contribution is 7.89. The second-order valence-corrected chi connectivity index (χ2v) is 7.26. The van der Waals surface area contributed by atoms with Gasteiger partial charge in [-0.05, 0) is 24.1 Å². The molecule has 0 saturated carbocycles. The van der Waals surface area contributed by atoms with Gasteiger partial charge in [-0.3, -0.25) is 0 Å². The lowest BCUT2D eigenvalue weighted by Crippen LogP contribution is -2.31. The summed E-state index contributed by atoms with van der Waals surface area (Å²) < 4.78 is 38.1. The SMILES string of the molecule is COCc1ccccc1S(=O)(=O)N1CCCc2occc2C1. The molecule has 0 N–H and O–H groups in total. The van der Waals surface area contributed by atoms with E-state index < -0.39 is 10.0 Å². The number of furan rings is 1. The highest BCUT2D eigenvalue weighted by Crippen LogP contribution is 2.27. The molecule has 118 valence electrons. The zero-order valence-corrected chi connectivity index (χ0v) is 13.3. The number of fused-ring (bicyclic) bond motifs is 1. The van der Waals surface area contributed by atoms with E-state index in [1.807, 2.05) is 12.1 Å². The summed E-state index contributed by atoms with van der Waals surface area (Å²) in [5.74, 6) is 0.892. The van der Waals surface area contributed by atoms with Gasteiger partial charge in [0, 0.05) is 32.2 Å². The van der Waals surface area contributed by atoms with E-state index in [2.05, 4.69) is 0 Å². The lowest BCUT2D eigenvalue weighted by molar-refractivity contribution is 0.182. The highest BCUT2D eigenvalue weighted by Gasteiger charge is 2.29. The Hall–Kier alpha value is -1.63. The van der Waals surface area contributed by atoms with Crippen LogP contribution in [-0.4, -0.2) is 26.4 Å². The fraction of sp³-hybridized carbons (Fsp3) is 0.375. The van der Waals surface area contributed by atoms with Crippen LogP contribution in [-0.2, 0) is 34.3 Å². The summed E-state index contributed by atoms with van der Waals surface area (Å²) >= 11 is 0. The van der Waals surface area contributed by atoms with Crippen molar-refractivity contribution in [1.82, 2.24) is 4.31 Å². The third kappa shape index (κ3) is 2.82. The lowest BCUT2D eigenvalue weighted by atomic mass is 10.2. The van der Waals surface area contributed by atoms with Gasteiger partial charge < -0.3 is 9.15 Å². The second-order valence-electron chi connectivity index (χ2n) is 5.35. The Balaban J connectivity index is 1.96. The van der Waals surface area contributed by atoms with Crippen molar-refractivity contribution in [3.8, 4) is 0 Å². The van der Waals surface area contributed by atoms with Crippen LogP contribution < -0.4 is 0 Å². The number of nitrogens with zero attached hydrogens (tertiary/aromatic N) is 1. The monoisotopic (exact) mass is 321 g/mol. The molecular formula is C16H19NO4S. The molecule has 2 aromatic rings. The predicted molar refractivity (Wildman–Crippen MR) is 81.8 cm³/mol. The zero-order chi connectivity index (χ0) is 15.6. The Morgan fingerprint density at radius 3 is 2.91 bits per heavy atom. The van der Waals surface area contributed by atoms with E-state index in [1.165, 1.54) is 4.31 Å². The van der Waals surface area contributed by atoms with Crippen molar-refractivity contribution in [3.63, 3.8) is 0 Å². The molecule has 0 saturated heterocycles. The number of aryl methyl sites for hydroxylation is 1. The average Bonchev–Trinajstić information content (AvgIpc) is 2.84. The van der Waals surface area contributed by atoms with Gasteiger partial charge >= 0.3 is 0 Å². The largest absolute Gasteiger partial charge is 0.469 e. The molecule has 0 radical (unpaired) electrons. The van der Waals surface area contributed by atoms with Crippen LogP contribution in [0.25, 0.3) is 0 Å². The quantitative estimate of drug-likeness (QED) is 0.868. The first-order valence-corrected chi connectivity index (χ1v) is 8.69. The van der Waals surface area contributed by atoms with Crippen molar-refractivity contribution in [2.45, 2.75) is 30.9 Å². The Bertz CT molecular complexity index is 751. The normalized spacial score (nSPS) is 16.2. The summed E-state index contributed by atoms with van der Waals surface area (Å²) in [6.45, 7) is 1.13. The number of ether oxygens (including phenoxy) is 1. The van der Waals surface area contributed by atoms with E-state index >= 15 is 0 Å². The van der Waals surface area contributed by atoms with E-state index in [0.29, 0.717) is 23.5 Å². The summed E-state index contributed by atoms with van der Waals surface area (Å²) in [4.78, 5) is 0.323. The fourth-order valence-electron chi connectivity index (χ4n) is 2.79. The second kappa shape index (κ2) is 6.24. The van der Waals surface area contributed by atoms with E-state index in [-0.39, 0.29) is 6.61 Å². The third-order valence-corrected chi connectivity index (χ3v) is 5.83.